The minimum Gasteiger partial charge on any atom is -0.330 e. The fourth-order valence-corrected chi connectivity index (χ4v) is 7.48. The summed E-state index contributed by atoms with van der Waals surface area (Å²) < 4.78 is 0. The Hall–Kier alpha value is -5.05. The normalized spacial score (nSPS) is 19.2. The topological polar surface area (TPSA) is 38.9 Å². The second-order valence-corrected chi connectivity index (χ2v) is 12.6. The first kappa shape index (κ1) is 30.6. The van der Waals surface area contributed by atoms with E-state index in [4.69, 9.17) is 5.73 Å². The summed E-state index contributed by atoms with van der Waals surface area (Å²) in [6.45, 7) is 4.97. The van der Waals surface area contributed by atoms with E-state index in [-0.39, 0.29) is 0 Å². The van der Waals surface area contributed by atoms with Gasteiger partial charge in [0, 0.05) is 23.9 Å². The van der Waals surface area contributed by atoms with Gasteiger partial charge in [-0.05, 0) is 110 Å². The molecule has 1 heterocycles. The molecule has 2 atom stereocenters. The van der Waals surface area contributed by atoms with Crippen molar-refractivity contribution in [3.05, 3.63) is 157 Å². The zero-order valence-electron chi connectivity index (χ0n) is 27.4. The van der Waals surface area contributed by atoms with Crippen LogP contribution in [0.2, 0.25) is 0 Å². The smallest absolute Gasteiger partial charge is 0.0352 e. The maximum absolute atomic E-state index is 6.02. The quantitative estimate of drug-likeness (QED) is 0.150. The van der Waals surface area contributed by atoms with Crippen LogP contribution >= 0.6 is 0 Å². The molecule has 1 aromatic heterocycles. The number of hydrogen-bond acceptors (Lipinski definition) is 2. The van der Waals surface area contributed by atoms with Crippen LogP contribution in [0.3, 0.4) is 0 Å². The van der Waals surface area contributed by atoms with Crippen molar-refractivity contribution in [1.29, 1.82) is 0 Å². The molecular weight excluding hydrogens is 569 g/mol. The van der Waals surface area contributed by atoms with Gasteiger partial charge >= 0.3 is 0 Å². The molecule has 7 rings (SSSR count). The van der Waals surface area contributed by atoms with E-state index in [1.54, 1.807) is 0 Å². The van der Waals surface area contributed by atoms with Gasteiger partial charge < -0.3 is 5.73 Å². The van der Waals surface area contributed by atoms with Crippen molar-refractivity contribution < 1.29 is 0 Å². The lowest BCUT2D eigenvalue weighted by Gasteiger charge is -2.23. The summed E-state index contributed by atoms with van der Waals surface area (Å²) >= 11 is 0. The molecule has 5 aromatic carbocycles. The van der Waals surface area contributed by atoms with Crippen LogP contribution in [0.4, 0.5) is 0 Å². The van der Waals surface area contributed by atoms with Gasteiger partial charge in [-0.2, -0.15) is 0 Å². The second-order valence-electron chi connectivity index (χ2n) is 12.6. The monoisotopic (exact) mass is 610 g/mol. The average molecular weight is 611 g/mol. The highest BCUT2D eigenvalue weighted by Gasteiger charge is 2.22. The number of fused-ring (bicyclic) bond motifs is 3. The number of allylic oxidation sites excluding steroid dienone is 7. The van der Waals surface area contributed by atoms with Crippen molar-refractivity contribution in [3.63, 3.8) is 0 Å². The Bertz CT molecular complexity index is 2140. The molecule has 0 fully saturated rings. The van der Waals surface area contributed by atoms with E-state index >= 15 is 0 Å². The van der Waals surface area contributed by atoms with Gasteiger partial charge in [0.05, 0.1) is 0 Å². The van der Waals surface area contributed by atoms with Gasteiger partial charge in [0.15, 0.2) is 0 Å². The number of aromatic nitrogens is 1. The van der Waals surface area contributed by atoms with Crippen LogP contribution in [0.1, 0.15) is 50.2 Å². The van der Waals surface area contributed by atoms with Crippen molar-refractivity contribution in [2.24, 2.45) is 11.7 Å². The highest BCUT2D eigenvalue weighted by molar-refractivity contribution is 6.20. The number of rotatable bonds is 6. The summed E-state index contributed by atoms with van der Waals surface area (Å²) in [6.07, 6.45) is 22.8. The SMILES string of the molecule is C/C=C(\CCN)c1ccncc1-c1ccc(-c2c3ccccc3c(C3/C=C\C(C)/C=C\C=C/CC3)c3ccccc23)c2ccccc12. The summed E-state index contributed by atoms with van der Waals surface area (Å²) in [5.41, 5.74) is 14.8. The van der Waals surface area contributed by atoms with E-state index in [0.29, 0.717) is 18.4 Å². The Balaban J connectivity index is 1.49. The Labute approximate surface area is 278 Å². The first-order valence-electron chi connectivity index (χ1n) is 17.0. The standard InChI is InChI=1S/C45H42N2/c1-3-32(26-28-46)34-27-29-47-30-43(34)37-24-25-42(36-17-9-8-16-35(36)37)45-40-20-12-10-18-38(40)44(39-19-11-13-21-41(39)45)33-15-7-5-4-6-14-31(2)22-23-33/h3-6,8-14,16-25,27,29-31,33H,7,15,26,28,46H2,1-2H3/b5-4-,14-6-,23-22-,32-3+. The van der Waals surface area contributed by atoms with Gasteiger partial charge in [-0.1, -0.05) is 134 Å². The van der Waals surface area contributed by atoms with Gasteiger partial charge in [0.1, 0.15) is 0 Å². The van der Waals surface area contributed by atoms with Crippen LogP contribution in [-0.4, -0.2) is 11.5 Å². The highest BCUT2D eigenvalue weighted by Crippen LogP contribution is 2.46. The third-order valence-corrected chi connectivity index (χ3v) is 9.71. The molecule has 1 aliphatic carbocycles. The molecule has 2 heteroatoms. The van der Waals surface area contributed by atoms with E-state index in [9.17, 15) is 0 Å². The summed E-state index contributed by atoms with van der Waals surface area (Å²) in [6, 6.07) is 33.7. The third kappa shape index (κ3) is 5.86. The molecule has 47 heavy (non-hydrogen) atoms. The molecule has 6 aromatic rings. The molecule has 0 saturated heterocycles. The molecule has 2 nitrogen and oxygen atoms in total. The van der Waals surface area contributed by atoms with Gasteiger partial charge in [0.25, 0.3) is 0 Å². The van der Waals surface area contributed by atoms with E-state index in [1.165, 1.54) is 65.7 Å². The maximum atomic E-state index is 6.02. The molecule has 0 saturated carbocycles. The fraction of sp³-hybridized carbons (Fsp3) is 0.178. The number of pyridine rings is 1. The minimum atomic E-state index is 0.315. The zero-order valence-corrected chi connectivity index (χ0v) is 27.4. The number of benzene rings is 5. The maximum Gasteiger partial charge on any atom is 0.0352 e. The average Bonchev–Trinajstić information content (AvgIpc) is 3.12. The predicted molar refractivity (Wildman–Crippen MR) is 204 cm³/mol. The van der Waals surface area contributed by atoms with Gasteiger partial charge in [-0.15, -0.1) is 0 Å². The lowest BCUT2D eigenvalue weighted by molar-refractivity contribution is 0.750. The van der Waals surface area contributed by atoms with Crippen molar-refractivity contribution in [2.45, 2.75) is 39.0 Å². The van der Waals surface area contributed by atoms with Crippen molar-refractivity contribution in [1.82, 2.24) is 4.98 Å². The molecule has 0 radical (unpaired) electrons. The van der Waals surface area contributed by atoms with Crippen LogP contribution in [0.25, 0.3) is 60.1 Å². The summed E-state index contributed by atoms with van der Waals surface area (Å²) in [5.74, 6) is 0.705. The third-order valence-electron chi connectivity index (χ3n) is 9.71. The van der Waals surface area contributed by atoms with E-state index in [1.807, 2.05) is 12.4 Å². The number of hydrogen-bond donors (Lipinski definition) is 1. The Morgan fingerprint density at radius 1 is 0.723 bits per heavy atom. The van der Waals surface area contributed by atoms with Crippen molar-refractivity contribution in [3.8, 4) is 22.3 Å². The van der Waals surface area contributed by atoms with E-state index < -0.39 is 0 Å². The molecule has 0 amide bonds. The first-order valence-corrected chi connectivity index (χ1v) is 17.0. The van der Waals surface area contributed by atoms with Gasteiger partial charge in [-0.25, -0.2) is 0 Å². The van der Waals surface area contributed by atoms with Crippen LogP contribution in [0, 0.1) is 5.92 Å². The van der Waals surface area contributed by atoms with Crippen molar-refractivity contribution >= 4 is 37.9 Å². The van der Waals surface area contributed by atoms with E-state index in [2.05, 4.69) is 152 Å². The lowest BCUT2D eigenvalue weighted by atomic mass is 9.80. The van der Waals surface area contributed by atoms with E-state index in [0.717, 1.165) is 24.8 Å². The summed E-state index contributed by atoms with van der Waals surface area (Å²) in [7, 11) is 0. The Morgan fingerprint density at radius 3 is 2.04 bits per heavy atom. The molecule has 1 aliphatic rings. The summed E-state index contributed by atoms with van der Waals surface area (Å²) in [4.78, 5) is 4.58. The van der Waals surface area contributed by atoms with Crippen LogP contribution in [0.15, 0.2) is 146 Å². The van der Waals surface area contributed by atoms with Crippen LogP contribution < -0.4 is 5.73 Å². The van der Waals surface area contributed by atoms with Crippen LogP contribution in [-0.2, 0) is 0 Å². The van der Waals surface area contributed by atoms with Crippen molar-refractivity contribution in [2.75, 3.05) is 6.54 Å². The molecule has 0 aliphatic heterocycles. The number of nitrogens with two attached hydrogens (primary N) is 1. The zero-order chi connectivity index (χ0) is 32.2. The largest absolute Gasteiger partial charge is 0.330 e. The summed E-state index contributed by atoms with van der Waals surface area (Å²) in [5, 5.41) is 7.74. The van der Waals surface area contributed by atoms with Gasteiger partial charge in [0.2, 0.25) is 0 Å². The number of nitrogens with zero attached hydrogens (tertiary/aromatic N) is 1. The van der Waals surface area contributed by atoms with Gasteiger partial charge in [-0.3, -0.25) is 4.98 Å². The second kappa shape index (κ2) is 13.7. The molecule has 2 unspecified atom stereocenters. The Kier molecular flexibility index (Phi) is 8.95. The molecule has 2 N–H and O–H groups in total. The minimum absolute atomic E-state index is 0.315. The molecule has 232 valence electrons. The molecular formula is C45H42N2. The van der Waals surface area contributed by atoms with Crippen LogP contribution in [0.5, 0.6) is 0 Å². The fourth-order valence-electron chi connectivity index (χ4n) is 7.48. The Morgan fingerprint density at radius 2 is 1.36 bits per heavy atom. The lowest BCUT2D eigenvalue weighted by Crippen LogP contribution is -2.02. The molecule has 0 bridgehead atoms. The first-order chi connectivity index (χ1) is 23.2. The highest BCUT2D eigenvalue weighted by atomic mass is 14.6. The predicted octanol–water partition coefficient (Wildman–Crippen LogP) is 11.8. The molecule has 0 spiro atoms.